The van der Waals surface area contributed by atoms with Crippen LogP contribution in [0.15, 0.2) is 84.2 Å². The number of benzene rings is 1. The lowest BCUT2D eigenvalue weighted by molar-refractivity contribution is 0.651. The fourth-order valence-electron chi connectivity index (χ4n) is 4.06. The third-order valence-electron chi connectivity index (χ3n) is 5.43. The number of aryl methyl sites for hydroxylation is 1. The summed E-state index contributed by atoms with van der Waals surface area (Å²) in [6.45, 7) is 2.04. The average Bonchev–Trinajstić information content (AvgIpc) is 3.16. The minimum Gasteiger partial charge on any atom is -0.261 e. The fraction of sp³-hybridized carbons (Fsp3) is 0.167. The number of rotatable bonds is 4. The Morgan fingerprint density at radius 2 is 1.67 bits per heavy atom. The number of aromatic nitrogens is 4. The molecule has 0 amide bonds. The van der Waals surface area contributed by atoms with Crippen LogP contribution in [-0.4, -0.2) is 25.5 Å². The zero-order valence-corrected chi connectivity index (χ0v) is 16.7. The largest absolute Gasteiger partial charge is 0.261 e. The maximum absolute atomic E-state index is 4.83. The van der Waals surface area contributed by atoms with Gasteiger partial charge < -0.3 is 0 Å². The van der Waals surface area contributed by atoms with Crippen molar-refractivity contribution in [3.8, 4) is 5.82 Å². The van der Waals surface area contributed by atoms with E-state index in [-0.39, 0.29) is 0 Å². The first-order valence-electron chi connectivity index (χ1n) is 10.1. The first-order chi connectivity index (χ1) is 14.8. The van der Waals surface area contributed by atoms with Crippen LogP contribution in [0.3, 0.4) is 0 Å². The Morgan fingerprint density at radius 3 is 2.40 bits per heavy atom. The number of nitrogens with one attached hydrogen (secondary N) is 1. The number of pyridine rings is 2. The van der Waals surface area contributed by atoms with Gasteiger partial charge >= 0.3 is 0 Å². The fourth-order valence-corrected chi connectivity index (χ4v) is 4.06. The van der Waals surface area contributed by atoms with Gasteiger partial charge in [0.05, 0.1) is 17.1 Å². The zero-order valence-electron chi connectivity index (χ0n) is 16.7. The molecular formula is C24H22N6. The summed E-state index contributed by atoms with van der Waals surface area (Å²) >= 11 is 0. The molecular weight excluding hydrogens is 372 g/mol. The van der Waals surface area contributed by atoms with Crippen molar-refractivity contribution in [3.05, 3.63) is 102 Å². The quantitative estimate of drug-likeness (QED) is 0.517. The molecule has 30 heavy (non-hydrogen) atoms. The average molecular weight is 394 g/mol. The number of hydrogen-bond acceptors (Lipinski definition) is 5. The maximum atomic E-state index is 4.83. The van der Waals surface area contributed by atoms with Crippen LogP contribution in [0.25, 0.3) is 5.82 Å². The van der Waals surface area contributed by atoms with Gasteiger partial charge in [0.1, 0.15) is 5.82 Å². The van der Waals surface area contributed by atoms with E-state index in [1.54, 1.807) is 12.4 Å². The van der Waals surface area contributed by atoms with Crippen LogP contribution in [0.4, 0.5) is 5.82 Å². The standard InChI is InChI=1S/C24H22N6/c1-17-24-20(27-28-22-11-5-7-13-25-22)15-19(18-9-3-2-4-10-18)16-21(24)30(29-17)23-12-6-8-14-26-23/h2-14,19H,15-16H2,1H3,(H,25,28)/b27-20-. The second-order valence-corrected chi connectivity index (χ2v) is 7.41. The van der Waals surface area contributed by atoms with Crippen LogP contribution < -0.4 is 5.43 Å². The van der Waals surface area contributed by atoms with Crippen molar-refractivity contribution in [2.75, 3.05) is 5.43 Å². The number of hydrogen-bond donors (Lipinski definition) is 1. The van der Waals surface area contributed by atoms with Crippen molar-refractivity contribution in [2.45, 2.75) is 25.7 Å². The van der Waals surface area contributed by atoms with Crippen LogP contribution >= 0.6 is 0 Å². The summed E-state index contributed by atoms with van der Waals surface area (Å²) in [7, 11) is 0. The molecule has 1 unspecified atom stereocenters. The Morgan fingerprint density at radius 1 is 0.900 bits per heavy atom. The Hall–Kier alpha value is -3.80. The van der Waals surface area contributed by atoms with Crippen molar-refractivity contribution in [3.63, 3.8) is 0 Å². The highest BCUT2D eigenvalue weighted by Gasteiger charge is 2.31. The Kier molecular flexibility index (Phi) is 4.81. The van der Waals surface area contributed by atoms with Gasteiger partial charge in [0.15, 0.2) is 5.82 Å². The molecule has 0 saturated carbocycles. The van der Waals surface area contributed by atoms with E-state index in [0.717, 1.165) is 47.1 Å². The highest BCUT2D eigenvalue weighted by Crippen LogP contribution is 2.35. The molecule has 0 spiro atoms. The lowest BCUT2D eigenvalue weighted by Gasteiger charge is -2.25. The van der Waals surface area contributed by atoms with E-state index in [1.165, 1.54) is 5.56 Å². The van der Waals surface area contributed by atoms with Gasteiger partial charge in [-0.1, -0.05) is 42.5 Å². The van der Waals surface area contributed by atoms with Crippen LogP contribution in [0.1, 0.15) is 34.9 Å². The summed E-state index contributed by atoms with van der Waals surface area (Å²) in [5.41, 5.74) is 8.64. The summed E-state index contributed by atoms with van der Waals surface area (Å²) in [5, 5.41) is 9.59. The zero-order chi connectivity index (χ0) is 20.3. The van der Waals surface area contributed by atoms with Crippen molar-refractivity contribution in [1.82, 2.24) is 19.7 Å². The highest BCUT2D eigenvalue weighted by molar-refractivity contribution is 6.04. The summed E-state index contributed by atoms with van der Waals surface area (Å²) in [6, 6.07) is 22.3. The lowest BCUT2D eigenvalue weighted by Crippen LogP contribution is -2.22. The number of hydrazone groups is 1. The van der Waals surface area contributed by atoms with Gasteiger partial charge in [-0.2, -0.15) is 10.2 Å². The molecule has 1 aliphatic carbocycles. The number of fused-ring (bicyclic) bond motifs is 1. The second-order valence-electron chi connectivity index (χ2n) is 7.41. The molecule has 6 nitrogen and oxygen atoms in total. The molecule has 0 aliphatic heterocycles. The van der Waals surface area contributed by atoms with E-state index in [4.69, 9.17) is 10.2 Å². The van der Waals surface area contributed by atoms with Gasteiger partial charge in [0.25, 0.3) is 0 Å². The van der Waals surface area contributed by atoms with E-state index in [2.05, 4.69) is 45.7 Å². The van der Waals surface area contributed by atoms with Crippen LogP contribution in [-0.2, 0) is 6.42 Å². The minimum atomic E-state index is 0.321. The van der Waals surface area contributed by atoms with Crippen molar-refractivity contribution in [1.29, 1.82) is 0 Å². The van der Waals surface area contributed by atoms with Gasteiger partial charge in [0, 0.05) is 18.0 Å². The van der Waals surface area contributed by atoms with Gasteiger partial charge in [-0.3, -0.25) is 5.43 Å². The smallest absolute Gasteiger partial charge is 0.153 e. The summed E-state index contributed by atoms with van der Waals surface area (Å²) in [6.07, 6.45) is 5.28. The molecule has 3 heterocycles. The first kappa shape index (κ1) is 18.2. The van der Waals surface area contributed by atoms with Gasteiger partial charge in [-0.05, 0) is 55.5 Å². The van der Waals surface area contributed by atoms with Crippen molar-refractivity contribution in [2.24, 2.45) is 5.10 Å². The molecule has 6 heteroatoms. The third kappa shape index (κ3) is 3.48. The minimum absolute atomic E-state index is 0.321. The van der Waals surface area contributed by atoms with Gasteiger partial charge in [0.2, 0.25) is 0 Å². The van der Waals surface area contributed by atoms with Gasteiger partial charge in [-0.25, -0.2) is 14.6 Å². The molecule has 1 atom stereocenters. The first-order valence-corrected chi connectivity index (χ1v) is 10.1. The van der Waals surface area contributed by atoms with E-state index in [9.17, 15) is 0 Å². The highest BCUT2D eigenvalue weighted by atomic mass is 15.3. The van der Waals surface area contributed by atoms with E-state index < -0.39 is 0 Å². The van der Waals surface area contributed by atoms with Crippen molar-refractivity contribution < 1.29 is 0 Å². The monoisotopic (exact) mass is 394 g/mol. The van der Waals surface area contributed by atoms with Crippen molar-refractivity contribution >= 4 is 11.5 Å². The molecule has 0 fully saturated rings. The Balaban J connectivity index is 1.60. The summed E-state index contributed by atoms with van der Waals surface area (Å²) in [5.74, 6) is 1.87. The topological polar surface area (TPSA) is 68.0 Å². The lowest BCUT2D eigenvalue weighted by atomic mass is 9.81. The predicted molar refractivity (Wildman–Crippen MR) is 118 cm³/mol. The van der Waals surface area contributed by atoms with E-state index >= 15 is 0 Å². The maximum Gasteiger partial charge on any atom is 0.153 e. The number of nitrogens with zero attached hydrogens (tertiary/aromatic N) is 5. The van der Waals surface area contributed by atoms with E-state index in [0.29, 0.717) is 5.92 Å². The Labute approximate surface area is 175 Å². The van der Waals surface area contributed by atoms with Crippen LogP contribution in [0, 0.1) is 6.92 Å². The van der Waals surface area contributed by atoms with Crippen LogP contribution in [0.5, 0.6) is 0 Å². The summed E-state index contributed by atoms with van der Waals surface area (Å²) in [4.78, 5) is 8.84. The molecule has 0 bridgehead atoms. The third-order valence-corrected chi connectivity index (χ3v) is 5.43. The molecule has 4 aromatic rings. The molecule has 1 N–H and O–H groups in total. The normalized spacial score (nSPS) is 17.0. The van der Waals surface area contributed by atoms with Crippen LogP contribution in [0.2, 0.25) is 0 Å². The Bertz CT molecular complexity index is 1170. The van der Waals surface area contributed by atoms with E-state index in [1.807, 2.05) is 48.0 Å². The summed E-state index contributed by atoms with van der Waals surface area (Å²) < 4.78 is 1.97. The predicted octanol–water partition coefficient (Wildman–Crippen LogP) is 4.52. The molecule has 148 valence electrons. The molecule has 0 saturated heterocycles. The molecule has 5 rings (SSSR count). The SMILES string of the molecule is Cc1nn(-c2ccccn2)c2c1/C(=N\Nc1ccccn1)CC(c1ccccc1)C2. The molecule has 0 radical (unpaired) electrons. The van der Waals surface area contributed by atoms with Gasteiger partial charge in [-0.15, -0.1) is 0 Å². The number of anilines is 1. The second kappa shape index (κ2) is 7.91. The molecule has 1 aromatic carbocycles. The molecule has 3 aromatic heterocycles. The molecule has 1 aliphatic rings.